The second-order valence-electron chi connectivity index (χ2n) is 4.70. The fourth-order valence-electron chi connectivity index (χ4n) is 2.08. The molecule has 0 aliphatic heterocycles. The molecular weight excluding hydrogens is 264 g/mol. The van der Waals surface area contributed by atoms with Gasteiger partial charge in [0.25, 0.3) is 5.91 Å². The Kier molecular flexibility index (Phi) is 4.61. The number of halogens is 1. The van der Waals surface area contributed by atoms with E-state index < -0.39 is 0 Å². The van der Waals surface area contributed by atoms with Crippen LogP contribution in [-0.4, -0.2) is 41.5 Å². The molecule has 1 aliphatic rings. The summed E-state index contributed by atoms with van der Waals surface area (Å²) in [7, 11) is 0. The smallest absolute Gasteiger partial charge is 0.253 e. The summed E-state index contributed by atoms with van der Waals surface area (Å²) >= 11 is 5.93. The number of carbonyl (C=O) groups excluding carboxylic acids is 1. The summed E-state index contributed by atoms with van der Waals surface area (Å²) in [5, 5.41) is 3.19. The van der Waals surface area contributed by atoms with Crippen LogP contribution < -0.4 is 11.1 Å². The van der Waals surface area contributed by atoms with Crippen molar-refractivity contribution in [2.75, 3.05) is 25.4 Å². The number of rotatable bonds is 6. The van der Waals surface area contributed by atoms with Crippen molar-refractivity contribution in [2.24, 2.45) is 0 Å². The average Bonchev–Trinajstić information content (AvgIpc) is 3.21. The summed E-state index contributed by atoms with van der Waals surface area (Å²) in [6.07, 6.45) is 3.94. The second-order valence-corrected chi connectivity index (χ2v) is 5.11. The van der Waals surface area contributed by atoms with Crippen molar-refractivity contribution < 1.29 is 4.79 Å². The Balaban J connectivity index is 1.85. The Hall–Kier alpha value is -1.33. The lowest BCUT2D eigenvalue weighted by Gasteiger charge is -2.19. The maximum atomic E-state index is 12.0. The summed E-state index contributed by atoms with van der Waals surface area (Å²) in [4.78, 5) is 18.2. The fraction of sp³-hybridized carbons (Fsp3) is 0.538. The van der Waals surface area contributed by atoms with Gasteiger partial charge in [0.1, 0.15) is 5.82 Å². The third-order valence-electron chi connectivity index (χ3n) is 3.28. The summed E-state index contributed by atoms with van der Waals surface area (Å²) in [6, 6.07) is 2.21. The minimum absolute atomic E-state index is 0.203. The first-order valence-electron chi connectivity index (χ1n) is 6.55. The lowest BCUT2D eigenvalue weighted by Crippen LogP contribution is -2.36. The molecule has 3 N–H and O–H groups in total. The van der Waals surface area contributed by atoms with Crippen LogP contribution in [0.1, 0.15) is 30.1 Å². The SMILES string of the molecule is CCN(CCNC(=O)c1cc(N)ncc1Cl)C1CC1. The Morgan fingerprint density at radius 3 is 3.00 bits per heavy atom. The van der Waals surface area contributed by atoms with E-state index in [1.807, 2.05) is 0 Å². The molecule has 1 aromatic rings. The van der Waals surface area contributed by atoms with Crippen LogP contribution in [0.5, 0.6) is 0 Å². The van der Waals surface area contributed by atoms with Crippen molar-refractivity contribution in [3.63, 3.8) is 0 Å². The Bertz CT molecular complexity index is 462. The van der Waals surface area contributed by atoms with Crippen molar-refractivity contribution in [3.05, 3.63) is 22.8 Å². The first kappa shape index (κ1) is 14.1. The predicted octanol–water partition coefficient (Wildman–Crippen LogP) is 1.53. The van der Waals surface area contributed by atoms with Crippen LogP contribution in [0, 0.1) is 0 Å². The summed E-state index contributed by atoms with van der Waals surface area (Å²) in [6.45, 7) is 4.64. The maximum absolute atomic E-state index is 12.0. The van der Waals surface area contributed by atoms with E-state index in [1.54, 1.807) is 0 Å². The molecule has 104 valence electrons. The van der Waals surface area contributed by atoms with E-state index in [2.05, 4.69) is 22.1 Å². The van der Waals surface area contributed by atoms with Gasteiger partial charge in [0.2, 0.25) is 0 Å². The highest BCUT2D eigenvalue weighted by atomic mass is 35.5. The molecule has 19 heavy (non-hydrogen) atoms. The molecule has 5 nitrogen and oxygen atoms in total. The number of nitrogen functional groups attached to an aromatic ring is 1. The molecule has 0 spiro atoms. The Morgan fingerprint density at radius 2 is 2.37 bits per heavy atom. The summed E-state index contributed by atoms with van der Waals surface area (Å²) in [5.41, 5.74) is 5.93. The number of nitrogens with two attached hydrogens (primary N) is 1. The van der Waals surface area contributed by atoms with Crippen molar-refractivity contribution in [1.82, 2.24) is 15.2 Å². The van der Waals surface area contributed by atoms with Crippen LogP contribution in [0.2, 0.25) is 5.02 Å². The predicted molar refractivity (Wildman–Crippen MR) is 76.3 cm³/mol. The lowest BCUT2D eigenvalue weighted by molar-refractivity contribution is 0.0948. The number of hydrogen-bond donors (Lipinski definition) is 2. The van der Waals surface area contributed by atoms with Gasteiger partial charge in [-0.1, -0.05) is 18.5 Å². The zero-order valence-electron chi connectivity index (χ0n) is 11.0. The number of anilines is 1. The van der Waals surface area contributed by atoms with E-state index in [1.165, 1.54) is 25.1 Å². The minimum Gasteiger partial charge on any atom is -0.384 e. The van der Waals surface area contributed by atoms with Gasteiger partial charge in [-0.2, -0.15) is 0 Å². The molecule has 0 aromatic carbocycles. The summed E-state index contributed by atoms with van der Waals surface area (Å²) in [5.74, 6) is 0.0914. The standard InChI is InChI=1S/C13H19ClN4O/c1-2-18(9-3-4-9)6-5-16-13(19)10-7-12(15)17-8-11(10)14/h7-9H,2-6H2,1H3,(H2,15,17)(H,16,19). The van der Waals surface area contributed by atoms with Crippen molar-refractivity contribution >= 4 is 23.3 Å². The molecule has 0 atom stereocenters. The third-order valence-corrected chi connectivity index (χ3v) is 3.58. The van der Waals surface area contributed by atoms with E-state index in [4.69, 9.17) is 17.3 Å². The molecule has 0 bridgehead atoms. The van der Waals surface area contributed by atoms with Crippen LogP contribution >= 0.6 is 11.6 Å². The number of aromatic nitrogens is 1. The number of nitrogens with one attached hydrogen (secondary N) is 1. The monoisotopic (exact) mass is 282 g/mol. The number of nitrogens with zero attached hydrogens (tertiary/aromatic N) is 2. The zero-order valence-corrected chi connectivity index (χ0v) is 11.8. The molecule has 1 saturated carbocycles. The molecule has 2 rings (SSSR count). The largest absolute Gasteiger partial charge is 0.384 e. The maximum Gasteiger partial charge on any atom is 0.253 e. The van der Waals surface area contributed by atoms with Gasteiger partial charge in [-0.05, 0) is 25.5 Å². The van der Waals surface area contributed by atoms with E-state index in [-0.39, 0.29) is 5.91 Å². The first-order valence-corrected chi connectivity index (χ1v) is 6.93. The van der Waals surface area contributed by atoms with Gasteiger partial charge < -0.3 is 11.1 Å². The average molecular weight is 283 g/mol. The molecule has 1 aliphatic carbocycles. The highest BCUT2D eigenvalue weighted by Gasteiger charge is 2.27. The zero-order chi connectivity index (χ0) is 13.8. The van der Waals surface area contributed by atoms with Gasteiger partial charge in [0.05, 0.1) is 10.6 Å². The number of likely N-dealkylation sites (N-methyl/N-ethyl adjacent to an activating group) is 1. The highest BCUT2D eigenvalue weighted by Crippen LogP contribution is 2.25. The molecule has 0 unspecified atom stereocenters. The number of carbonyl (C=O) groups is 1. The van der Waals surface area contributed by atoms with E-state index in [9.17, 15) is 4.79 Å². The molecular formula is C13H19ClN4O. The number of amides is 1. The van der Waals surface area contributed by atoms with E-state index in [0.29, 0.717) is 29.0 Å². The Labute approximate surface area is 118 Å². The van der Waals surface area contributed by atoms with Crippen molar-refractivity contribution in [2.45, 2.75) is 25.8 Å². The lowest BCUT2D eigenvalue weighted by atomic mass is 10.2. The van der Waals surface area contributed by atoms with Crippen LogP contribution in [-0.2, 0) is 0 Å². The first-order chi connectivity index (χ1) is 9.11. The molecule has 1 heterocycles. The quantitative estimate of drug-likeness (QED) is 0.830. The number of hydrogen-bond acceptors (Lipinski definition) is 4. The molecule has 1 amide bonds. The van der Waals surface area contributed by atoms with Gasteiger partial charge in [0, 0.05) is 25.3 Å². The van der Waals surface area contributed by atoms with Gasteiger partial charge in [0.15, 0.2) is 0 Å². The van der Waals surface area contributed by atoms with Crippen LogP contribution in [0.15, 0.2) is 12.3 Å². The van der Waals surface area contributed by atoms with Gasteiger partial charge in [-0.3, -0.25) is 9.69 Å². The topological polar surface area (TPSA) is 71.2 Å². The molecule has 0 saturated heterocycles. The van der Waals surface area contributed by atoms with Crippen LogP contribution in [0.3, 0.4) is 0 Å². The Morgan fingerprint density at radius 1 is 1.63 bits per heavy atom. The van der Waals surface area contributed by atoms with Gasteiger partial charge >= 0.3 is 0 Å². The molecule has 1 fully saturated rings. The third kappa shape index (κ3) is 3.81. The fourth-order valence-corrected chi connectivity index (χ4v) is 2.26. The minimum atomic E-state index is -0.203. The van der Waals surface area contributed by atoms with Crippen LogP contribution in [0.4, 0.5) is 5.82 Å². The summed E-state index contributed by atoms with van der Waals surface area (Å²) < 4.78 is 0. The normalized spacial score (nSPS) is 14.7. The van der Waals surface area contributed by atoms with Gasteiger partial charge in [-0.25, -0.2) is 4.98 Å². The van der Waals surface area contributed by atoms with Crippen LogP contribution in [0.25, 0.3) is 0 Å². The highest BCUT2D eigenvalue weighted by molar-refractivity contribution is 6.33. The molecule has 1 aromatic heterocycles. The van der Waals surface area contributed by atoms with E-state index >= 15 is 0 Å². The molecule has 0 radical (unpaired) electrons. The van der Waals surface area contributed by atoms with Crippen molar-refractivity contribution in [3.8, 4) is 0 Å². The number of pyridine rings is 1. The second kappa shape index (κ2) is 6.21. The molecule has 6 heteroatoms. The van der Waals surface area contributed by atoms with Gasteiger partial charge in [-0.15, -0.1) is 0 Å². The van der Waals surface area contributed by atoms with E-state index in [0.717, 1.165) is 13.1 Å². The van der Waals surface area contributed by atoms with Crippen molar-refractivity contribution in [1.29, 1.82) is 0 Å².